The molecule has 2 aliphatic rings. The Morgan fingerprint density at radius 2 is 0.864 bits per heavy atom. The highest BCUT2D eigenvalue weighted by atomic mass is 16.5. The number of benzene rings is 10. The summed E-state index contributed by atoms with van der Waals surface area (Å²) in [6, 6.07) is 81.6. The van der Waals surface area contributed by atoms with Gasteiger partial charge in [0, 0.05) is 38.8 Å². The minimum atomic E-state index is -0.628. The molecule has 1 aliphatic carbocycles. The fourth-order valence-corrected chi connectivity index (χ4v) is 10.0. The standard InChI is InChI=1S/C57H37NO/c1-3-17-38(18-4-1)41-21-15-24-43(37-41)58(42-22-5-2-6-23-42)53-32-14-12-27-46(53)47-29-16-31-50-54(47)48-28-11-13-30-49(48)57(50)51-35-33-39-19-7-9-25-44(39)55(51)59-56-45-26-10-8-20-40(45)34-36-52(56)57/h1-37H. The van der Waals surface area contributed by atoms with Gasteiger partial charge in [-0.2, -0.15) is 0 Å². The van der Waals surface area contributed by atoms with Crippen LogP contribution in [0.2, 0.25) is 0 Å². The SMILES string of the molecule is c1ccc(-c2cccc(N(c3ccccc3)c3ccccc3-c3cccc4c3-c3ccccc3C43c4ccc5ccccc5c4Oc4c3ccc3ccccc43)c2)cc1. The molecule has 12 rings (SSSR count). The molecule has 0 saturated heterocycles. The van der Waals surface area contributed by atoms with Crippen LogP contribution < -0.4 is 9.64 Å². The van der Waals surface area contributed by atoms with E-state index in [1.165, 1.54) is 50.1 Å². The molecule has 59 heavy (non-hydrogen) atoms. The van der Waals surface area contributed by atoms with E-state index in [-0.39, 0.29) is 0 Å². The van der Waals surface area contributed by atoms with E-state index in [2.05, 4.69) is 229 Å². The van der Waals surface area contributed by atoms with E-state index in [4.69, 9.17) is 4.74 Å². The summed E-state index contributed by atoms with van der Waals surface area (Å²) in [6.45, 7) is 0. The van der Waals surface area contributed by atoms with Gasteiger partial charge < -0.3 is 9.64 Å². The van der Waals surface area contributed by atoms with Crippen LogP contribution in [0.5, 0.6) is 11.5 Å². The summed E-state index contributed by atoms with van der Waals surface area (Å²) in [5.41, 5.74) is 14.8. The second kappa shape index (κ2) is 13.2. The molecule has 0 radical (unpaired) electrons. The van der Waals surface area contributed by atoms with Crippen LogP contribution in [0.25, 0.3) is 54.9 Å². The number of hydrogen-bond donors (Lipinski definition) is 0. The summed E-state index contributed by atoms with van der Waals surface area (Å²) < 4.78 is 7.22. The first-order chi connectivity index (χ1) is 29.3. The van der Waals surface area contributed by atoms with Crippen molar-refractivity contribution in [3.63, 3.8) is 0 Å². The predicted octanol–water partition coefficient (Wildman–Crippen LogP) is 15.3. The lowest BCUT2D eigenvalue weighted by atomic mass is 9.65. The monoisotopic (exact) mass is 751 g/mol. The van der Waals surface area contributed by atoms with E-state index < -0.39 is 5.41 Å². The summed E-state index contributed by atoms with van der Waals surface area (Å²) in [4.78, 5) is 2.41. The van der Waals surface area contributed by atoms with Gasteiger partial charge in [-0.05, 0) is 80.0 Å². The minimum Gasteiger partial charge on any atom is -0.455 e. The zero-order valence-electron chi connectivity index (χ0n) is 32.2. The van der Waals surface area contributed by atoms with E-state index in [1.54, 1.807) is 0 Å². The molecule has 10 aromatic rings. The molecule has 1 aliphatic heterocycles. The van der Waals surface area contributed by atoms with Crippen LogP contribution in [0.1, 0.15) is 22.3 Å². The molecule has 0 aromatic heterocycles. The maximum atomic E-state index is 7.22. The maximum absolute atomic E-state index is 7.22. The van der Waals surface area contributed by atoms with Gasteiger partial charge in [0.1, 0.15) is 11.5 Å². The first kappa shape index (κ1) is 33.5. The van der Waals surface area contributed by atoms with Crippen molar-refractivity contribution in [2.75, 3.05) is 4.90 Å². The van der Waals surface area contributed by atoms with Crippen molar-refractivity contribution in [2.24, 2.45) is 0 Å². The summed E-state index contributed by atoms with van der Waals surface area (Å²) in [7, 11) is 0. The quantitative estimate of drug-likeness (QED) is 0.174. The number of anilines is 3. The second-order valence-electron chi connectivity index (χ2n) is 15.6. The van der Waals surface area contributed by atoms with Crippen molar-refractivity contribution in [1.29, 1.82) is 0 Å². The van der Waals surface area contributed by atoms with Gasteiger partial charge in [-0.1, -0.05) is 194 Å². The molecule has 0 N–H and O–H groups in total. The molecule has 276 valence electrons. The lowest BCUT2D eigenvalue weighted by molar-refractivity contribution is 0.447. The van der Waals surface area contributed by atoms with Crippen molar-refractivity contribution in [1.82, 2.24) is 0 Å². The normalized spacial score (nSPS) is 13.0. The number of fused-ring (bicyclic) bond motifs is 13. The Morgan fingerprint density at radius 3 is 1.59 bits per heavy atom. The third-order valence-electron chi connectivity index (χ3n) is 12.5. The van der Waals surface area contributed by atoms with Crippen molar-refractivity contribution < 1.29 is 4.74 Å². The Kier molecular flexibility index (Phi) is 7.48. The van der Waals surface area contributed by atoms with Gasteiger partial charge in [0.15, 0.2) is 0 Å². The first-order valence-corrected chi connectivity index (χ1v) is 20.3. The minimum absolute atomic E-state index is 0.628. The zero-order valence-corrected chi connectivity index (χ0v) is 32.2. The number of para-hydroxylation sites is 2. The third-order valence-corrected chi connectivity index (χ3v) is 12.5. The average molecular weight is 752 g/mol. The fourth-order valence-electron chi connectivity index (χ4n) is 10.0. The van der Waals surface area contributed by atoms with Crippen LogP contribution >= 0.6 is 0 Å². The Hall–Kier alpha value is -7.68. The number of ether oxygens (including phenoxy) is 1. The Balaban J connectivity index is 1.15. The van der Waals surface area contributed by atoms with Gasteiger partial charge >= 0.3 is 0 Å². The van der Waals surface area contributed by atoms with Crippen LogP contribution in [0, 0.1) is 0 Å². The number of nitrogens with zero attached hydrogens (tertiary/aromatic N) is 1. The van der Waals surface area contributed by atoms with Crippen LogP contribution in [-0.2, 0) is 5.41 Å². The molecule has 0 amide bonds. The highest BCUT2D eigenvalue weighted by molar-refractivity contribution is 6.04. The third kappa shape index (κ3) is 4.93. The largest absolute Gasteiger partial charge is 0.455 e. The Labute approximate surface area is 343 Å². The fraction of sp³-hybridized carbons (Fsp3) is 0.0175. The van der Waals surface area contributed by atoms with Crippen molar-refractivity contribution in [2.45, 2.75) is 5.41 Å². The lowest BCUT2D eigenvalue weighted by Crippen LogP contribution is -2.32. The predicted molar refractivity (Wildman–Crippen MR) is 244 cm³/mol. The van der Waals surface area contributed by atoms with Gasteiger partial charge in [-0.15, -0.1) is 0 Å². The molecular weight excluding hydrogens is 715 g/mol. The van der Waals surface area contributed by atoms with Crippen molar-refractivity contribution >= 4 is 38.6 Å². The van der Waals surface area contributed by atoms with Crippen LogP contribution in [0.4, 0.5) is 17.1 Å². The Bertz CT molecular complexity index is 3170. The topological polar surface area (TPSA) is 12.5 Å². The van der Waals surface area contributed by atoms with Crippen molar-refractivity contribution in [3.8, 4) is 44.9 Å². The highest BCUT2D eigenvalue weighted by Crippen LogP contribution is 2.65. The highest BCUT2D eigenvalue weighted by Gasteiger charge is 2.52. The van der Waals surface area contributed by atoms with E-state index in [0.717, 1.165) is 55.7 Å². The van der Waals surface area contributed by atoms with Gasteiger partial charge in [-0.25, -0.2) is 0 Å². The molecule has 0 fully saturated rings. The molecule has 10 aromatic carbocycles. The van der Waals surface area contributed by atoms with Gasteiger partial charge in [-0.3, -0.25) is 0 Å². The number of rotatable bonds is 5. The van der Waals surface area contributed by atoms with E-state index in [1.807, 2.05) is 0 Å². The molecule has 0 atom stereocenters. The molecular formula is C57H37NO. The summed E-state index contributed by atoms with van der Waals surface area (Å²) in [5, 5.41) is 4.56. The van der Waals surface area contributed by atoms with Crippen LogP contribution in [0.3, 0.4) is 0 Å². The van der Waals surface area contributed by atoms with Gasteiger partial charge in [0.05, 0.1) is 11.1 Å². The zero-order chi connectivity index (χ0) is 38.9. The smallest absolute Gasteiger partial charge is 0.140 e. The van der Waals surface area contributed by atoms with Gasteiger partial charge in [0.2, 0.25) is 0 Å². The molecule has 0 unspecified atom stereocenters. The summed E-state index contributed by atoms with van der Waals surface area (Å²) >= 11 is 0. The van der Waals surface area contributed by atoms with E-state index >= 15 is 0 Å². The summed E-state index contributed by atoms with van der Waals surface area (Å²) in [6.07, 6.45) is 0. The maximum Gasteiger partial charge on any atom is 0.140 e. The lowest BCUT2D eigenvalue weighted by Gasteiger charge is -2.40. The van der Waals surface area contributed by atoms with E-state index in [9.17, 15) is 0 Å². The van der Waals surface area contributed by atoms with E-state index in [0.29, 0.717) is 0 Å². The summed E-state index contributed by atoms with van der Waals surface area (Å²) in [5.74, 6) is 1.85. The van der Waals surface area contributed by atoms with Crippen LogP contribution in [-0.4, -0.2) is 0 Å². The van der Waals surface area contributed by atoms with Crippen molar-refractivity contribution in [3.05, 3.63) is 247 Å². The first-order valence-electron chi connectivity index (χ1n) is 20.3. The molecule has 0 saturated carbocycles. The molecule has 1 spiro atoms. The molecule has 2 nitrogen and oxygen atoms in total. The van der Waals surface area contributed by atoms with Crippen LogP contribution in [0.15, 0.2) is 224 Å². The average Bonchev–Trinajstić information content (AvgIpc) is 3.60. The molecule has 2 heteroatoms. The molecule has 1 heterocycles. The van der Waals surface area contributed by atoms with Gasteiger partial charge in [0.25, 0.3) is 0 Å². The number of hydrogen-bond acceptors (Lipinski definition) is 2. The Morgan fingerprint density at radius 1 is 0.339 bits per heavy atom. The second-order valence-corrected chi connectivity index (χ2v) is 15.6. The molecule has 0 bridgehead atoms.